The van der Waals surface area contributed by atoms with Crippen LogP contribution in [0.3, 0.4) is 0 Å². The van der Waals surface area contributed by atoms with E-state index < -0.39 is 22.3 Å². The normalized spacial score (nSPS) is 12.2. The first kappa shape index (κ1) is 17.5. The Morgan fingerprint density at radius 3 is 2.52 bits per heavy atom. The lowest BCUT2D eigenvalue weighted by atomic mass is 10.1. The summed E-state index contributed by atoms with van der Waals surface area (Å²) in [7, 11) is 0. The largest absolute Gasteiger partial charge is 0.417 e. The molecule has 0 fully saturated rings. The third-order valence-electron chi connectivity index (χ3n) is 4.40. The van der Waals surface area contributed by atoms with Gasteiger partial charge in [-0.1, -0.05) is 11.6 Å². The number of fused-ring (bicyclic) bond motifs is 3. The molecule has 27 heavy (non-hydrogen) atoms. The minimum atomic E-state index is -4.66. The van der Waals surface area contributed by atoms with Crippen LogP contribution in [0.25, 0.3) is 22.4 Å². The Labute approximate surface area is 155 Å². The predicted molar refractivity (Wildman–Crippen MR) is 95.6 cm³/mol. The summed E-state index contributed by atoms with van der Waals surface area (Å²) in [4.78, 5) is 21.4. The Morgan fingerprint density at radius 1 is 1.11 bits per heavy atom. The van der Waals surface area contributed by atoms with E-state index in [9.17, 15) is 18.0 Å². The van der Waals surface area contributed by atoms with Crippen molar-refractivity contribution in [3.05, 3.63) is 69.0 Å². The number of alkyl halides is 3. The first-order valence-electron chi connectivity index (χ1n) is 7.91. The van der Waals surface area contributed by atoms with Crippen LogP contribution in [0.5, 0.6) is 0 Å². The number of hydrogen-bond acceptors (Lipinski definition) is 3. The molecule has 0 saturated heterocycles. The van der Waals surface area contributed by atoms with E-state index in [-0.39, 0.29) is 11.2 Å². The van der Waals surface area contributed by atoms with Crippen LogP contribution in [-0.4, -0.2) is 18.9 Å². The summed E-state index contributed by atoms with van der Waals surface area (Å²) in [6.45, 7) is 3.39. The van der Waals surface area contributed by atoms with Crippen molar-refractivity contribution in [2.24, 2.45) is 0 Å². The number of halogens is 4. The molecule has 0 spiro atoms. The van der Waals surface area contributed by atoms with Crippen LogP contribution in [0.2, 0.25) is 5.02 Å². The second kappa shape index (κ2) is 5.82. The lowest BCUT2D eigenvalue weighted by molar-refractivity contribution is -0.137. The molecule has 1 aromatic carbocycles. The number of aromatic nitrogens is 4. The number of imidazole rings is 1. The first-order valence-corrected chi connectivity index (χ1v) is 8.29. The van der Waals surface area contributed by atoms with Gasteiger partial charge in [-0.05, 0) is 38.1 Å². The van der Waals surface area contributed by atoms with Crippen molar-refractivity contribution in [1.29, 1.82) is 0 Å². The molecule has 0 amide bonds. The van der Waals surface area contributed by atoms with Crippen LogP contribution in [-0.2, 0) is 6.18 Å². The van der Waals surface area contributed by atoms with E-state index in [1.807, 2.05) is 0 Å². The van der Waals surface area contributed by atoms with E-state index in [1.165, 1.54) is 21.2 Å². The van der Waals surface area contributed by atoms with Crippen LogP contribution in [0.4, 0.5) is 13.2 Å². The smallest absolute Gasteiger partial charge is 0.291 e. The highest BCUT2D eigenvalue weighted by molar-refractivity contribution is 6.32. The van der Waals surface area contributed by atoms with E-state index in [4.69, 9.17) is 11.6 Å². The fraction of sp³-hybridized carbons (Fsp3) is 0.167. The van der Waals surface area contributed by atoms with Crippen molar-refractivity contribution in [2.75, 3.05) is 0 Å². The SMILES string of the molecule is Cc1ncccc1-n1c(=O)c2ncc(C)n2c2cc(Cl)c(C(F)(F)F)cc21. The molecule has 3 heterocycles. The number of benzene rings is 1. The van der Waals surface area contributed by atoms with Gasteiger partial charge < -0.3 is 0 Å². The molecule has 5 nitrogen and oxygen atoms in total. The van der Waals surface area contributed by atoms with E-state index in [1.54, 1.807) is 32.2 Å². The maximum Gasteiger partial charge on any atom is 0.417 e. The highest BCUT2D eigenvalue weighted by Gasteiger charge is 2.34. The summed E-state index contributed by atoms with van der Waals surface area (Å²) in [6, 6.07) is 5.34. The van der Waals surface area contributed by atoms with E-state index >= 15 is 0 Å². The monoisotopic (exact) mass is 392 g/mol. The van der Waals surface area contributed by atoms with Crippen molar-refractivity contribution in [1.82, 2.24) is 18.9 Å². The molecule has 0 unspecified atom stereocenters. The first-order chi connectivity index (χ1) is 12.7. The maximum absolute atomic E-state index is 13.4. The molecule has 0 aliphatic carbocycles. The average Bonchev–Trinajstić information content (AvgIpc) is 2.98. The highest BCUT2D eigenvalue weighted by Crippen LogP contribution is 2.37. The standard InChI is InChI=1S/C18H12ClF3N4O/c1-9-8-24-16-17(27)26(13-4-3-5-23-10(13)2)14-6-11(18(20,21)22)12(19)7-15(14)25(9)16/h3-8H,1-2H3. The molecular formula is C18H12ClF3N4O. The highest BCUT2D eigenvalue weighted by atomic mass is 35.5. The van der Waals surface area contributed by atoms with Gasteiger partial charge in [-0.2, -0.15) is 13.2 Å². The fourth-order valence-electron chi connectivity index (χ4n) is 3.18. The summed E-state index contributed by atoms with van der Waals surface area (Å²) >= 11 is 5.92. The third-order valence-corrected chi connectivity index (χ3v) is 4.72. The minimum Gasteiger partial charge on any atom is -0.291 e. The molecule has 0 bridgehead atoms. The van der Waals surface area contributed by atoms with Crippen molar-refractivity contribution < 1.29 is 13.2 Å². The van der Waals surface area contributed by atoms with Gasteiger partial charge in [0.15, 0.2) is 0 Å². The molecular weight excluding hydrogens is 381 g/mol. The molecule has 3 aromatic heterocycles. The Bertz CT molecular complexity index is 1270. The second-order valence-corrected chi connectivity index (χ2v) is 6.53. The van der Waals surface area contributed by atoms with Gasteiger partial charge in [0, 0.05) is 18.1 Å². The topological polar surface area (TPSA) is 52.2 Å². The van der Waals surface area contributed by atoms with Gasteiger partial charge in [-0.15, -0.1) is 0 Å². The maximum atomic E-state index is 13.4. The molecule has 0 atom stereocenters. The van der Waals surface area contributed by atoms with E-state index in [0.29, 0.717) is 22.6 Å². The quantitative estimate of drug-likeness (QED) is 0.484. The van der Waals surface area contributed by atoms with Crippen molar-refractivity contribution in [2.45, 2.75) is 20.0 Å². The molecule has 0 aliphatic rings. The van der Waals surface area contributed by atoms with Gasteiger partial charge in [0.2, 0.25) is 5.65 Å². The Hall–Kier alpha value is -2.87. The van der Waals surface area contributed by atoms with Crippen molar-refractivity contribution >= 4 is 28.3 Å². The predicted octanol–water partition coefficient (Wildman–Crippen LogP) is 4.32. The molecule has 4 rings (SSSR count). The van der Waals surface area contributed by atoms with Crippen LogP contribution in [0, 0.1) is 13.8 Å². The molecule has 0 N–H and O–H groups in total. The van der Waals surface area contributed by atoms with Crippen molar-refractivity contribution in [3.8, 4) is 5.69 Å². The third kappa shape index (κ3) is 2.59. The lowest BCUT2D eigenvalue weighted by Gasteiger charge is -2.17. The fourth-order valence-corrected chi connectivity index (χ4v) is 3.44. The van der Waals surface area contributed by atoms with Gasteiger partial charge in [0.05, 0.1) is 33.0 Å². The van der Waals surface area contributed by atoms with Crippen molar-refractivity contribution in [3.63, 3.8) is 0 Å². The summed E-state index contributed by atoms with van der Waals surface area (Å²) in [6.07, 6.45) is -1.63. The number of pyridine rings is 1. The molecule has 138 valence electrons. The molecule has 4 aromatic rings. The van der Waals surface area contributed by atoms with Gasteiger partial charge in [0.1, 0.15) is 0 Å². The molecule has 0 saturated carbocycles. The molecule has 0 aliphatic heterocycles. The number of rotatable bonds is 1. The van der Waals surface area contributed by atoms with Gasteiger partial charge in [0.25, 0.3) is 5.56 Å². The van der Waals surface area contributed by atoms with Gasteiger partial charge in [-0.3, -0.25) is 18.7 Å². The summed E-state index contributed by atoms with van der Waals surface area (Å²) in [5.41, 5.74) is 0.452. The summed E-state index contributed by atoms with van der Waals surface area (Å²) < 4.78 is 43.0. The molecule has 9 heteroatoms. The zero-order valence-corrected chi connectivity index (χ0v) is 14.9. The Balaban J connectivity index is 2.29. The summed E-state index contributed by atoms with van der Waals surface area (Å²) in [5, 5.41) is -0.447. The average molecular weight is 393 g/mol. The van der Waals surface area contributed by atoms with Crippen LogP contribution in [0.15, 0.2) is 41.5 Å². The van der Waals surface area contributed by atoms with E-state index in [2.05, 4.69) is 9.97 Å². The zero-order chi connectivity index (χ0) is 19.5. The summed E-state index contributed by atoms with van der Waals surface area (Å²) in [5.74, 6) is 0. The van der Waals surface area contributed by atoms with Crippen LogP contribution in [0.1, 0.15) is 17.0 Å². The van der Waals surface area contributed by atoms with Gasteiger partial charge >= 0.3 is 6.18 Å². The molecule has 0 radical (unpaired) electrons. The Morgan fingerprint density at radius 2 is 1.85 bits per heavy atom. The van der Waals surface area contributed by atoms with Crippen LogP contribution < -0.4 is 5.56 Å². The van der Waals surface area contributed by atoms with E-state index in [0.717, 1.165) is 6.07 Å². The number of hydrogen-bond donors (Lipinski definition) is 0. The van der Waals surface area contributed by atoms with Crippen LogP contribution >= 0.6 is 11.6 Å². The second-order valence-electron chi connectivity index (χ2n) is 6.13. The zero-order valence-electron chi connectivity index (χ0n) is 14.2. The minimum absolute atomic E-state index is 0.0708. The lowest BCUT2D eigenvalue weighted by Crippen LogP contribution is -2.23. The van der Waals surface area contributed by atoms with Gasteiger partial charge in [-0.25, -0.2) is 4.98 Å². The Kier molecular flexibility index (Phi) is 3.78. The number of aryl methyl sites for hydroxylation is 2. The number of nitrogens with zero attached hydrogens (tertiary/aromatic N) is 4.